The Morgan fingerprint density at radius 3 is 2.74 bits per heavy atom. The lowest BCUT2D eigenvalue weighted by molar-refractivity contribution is -0.137. The van der Waals surface area contributed by atoms with Gasteiger partial charge in [0.2, 0.25) is 5.91 Å². The van der Waals surface area contributed by atoms with Crippen molar-refractivity contribution in [3.05, 3.63) is 23.9 Å². The minimum absolute atomic E-state index is 0.0174. The Hall–Kier alpha value is -1.97. The molecule has 0 spiro atoms. The van der Waals surface area contributed by atoms with Crippen LogP contribution >= 0.6 is 0 Å². The van der Waals surface area contributed by atoms with Gasteiger partial charge in [0.1, 0.15) is 5.82 Å². The van der Waals surface area contributed by atoms with Gasteiger partial charge in [0, 0.05) is 25.7 Å². The number of halogens is 5. The molecule has 5 nitrogen and oxygen atoms in total. The third-order valence-corrected chi connectivity index (χ3v) is 3.26. The molecule has 3 N–H and O–H groups in total. The van der Waals surface area contributed by atoms with Crippen molar-refractivity contribution in [2.45, 2.75) is 24.6 Å². The monoisotopic (exact) mass is 338 g/mol. The third-order valence-electron chi connectivity index (χ3n) is 3.26. The van der Waals surface area contributed by atoms with Gasteiger partial charge in [0.25, 0.3) is 5.92 Å². The highest BCUT2D eigenvalue weighted by atomic mass is 19.4. The topological polar surface area (TPSA) is 66.0 Å². The van der Waals surface area contributed by atoms with Gasteiger partial charge in [-0.2, -0.15) is 13.2 Å². The fourth-order valence-corrected chi connectivity index (χ4v) is 2.17. The van der Waals surface area contributed by atoms with Crippen LogP contribution in [-0.2, 0) is 11.0 Å². The zero-order valence-electron chi connectivity index (χ0n) is 11.9. The number of pyridine rings is 1. The number of anilines is 1. The van der Waals surface area contributed by atoms with Crippen molar-refractivity contribution in [3.63, 3.8) is 0 Å². The average Bonchev–Trinajstić information content (AvgIpc) is 2.83. The molecule has 128 valence electrons. The van der Waals surface area contributed by atoms with Crippen molar-refractivity contribution in [3.8, 4) is 0 Å². The molecule has 0 radical (unpaired) electrons. The van der Waals surface area contributed by atoms with Crippen LogP contribution in [-0.4, -0.2) is 42.5 Å². The van der Waals surface area contributed by atoms with Gasteiger partial charge >= 0.3 is 6.18 Å². The number of amides is 1. The summed E-state index contributed by atoms with van der Waals surface area (Å²) in [5.74, 6) is -3.88. The SMILES string of the molecule is O=C(NCCNc1ncccc1C(F)(F)F)C1CC(F)(F)CN1. The van der Waals surface area contributed by atoms with E-state index in [1.54, 1.807) is 0 Å². The minimum Gasteiger partial charge on any atom is -0.368 e. The van der Waals surface area contributed by atoms with E-state index in [1.165, 1.54) is 12.3 Å². The summed E-state index contributed by atoms with van der Waals surface area (Å²) in [5.41, 5.74) is -0.913. The summed E-state index contributed by atoms with van der Waals surface area (Å²) in [6.07, 6.45) is -3.93. The van der Waals surface area contributed by atoms with E-state index in [4.69, 9.17) is 0 Å². The molecule has 0 aromatic carbocycles. The first kappa shape index (κ1) is 17.4. The lowest BCUT2D eigenvalue weighted by Gasteiger charge is -2.14. The van der Waals surface area contributed by atoms with Crippen LogP contribution in [0.3, 0.4) is 0 Å². The Labute approximate surface area is 128 Å². The predicted molar refractivity (Wildman–Crippen MR) is 72.1 cm³/mol. The summed E-state index contributed by atoms with van der Waals surface area (Å²) in [7, 11) is 0. The number of carbonyl (C=O) groups excluding carboxylic acids is 1. The fraction of sp³-hybridized carbons (Fsp3) is 0.538. The zero-order chi connectivity index (χ0) is 17.1. The molecule has 1 saturated heterocycles. The summed E-state index contributed by atoms with van der Waals surface area (Å²) in [6, 6.07) is 1.06. The third kappa shape index (κ3) is 4.75. The number of nitrogens with zero attached hydrogens (tertiary/aromatic N) is 1. The van der Waals surface area contributed by atoms with E-state index in [9.17, 15) is 26.7 Å². The lowest BCUT2D eigenvalue weighted by atomic mass is 10.2. The molecule has 1 aliphatic heterocycles. The number of carbonyl (C=O) groups is 1. The van der Waals surface area contributed by atoms with Gasteiger partial charge in [-0.3, -0.25) is 10.1 Å². The molecule has 0 saturated carbocycles. The van der Waals surface area contributed by atoms with E-state index in [0.29, 0.717) is 0 Å². The van der Waals surface area contributed by atoms with Crippen LogP contribution < -0.4 is 16.0 Å². The Morgan fingerprint density at radius 1 is 1.39 bits per heavy atom. The van der Waals surface area contributed by atoms with Crippen molar-refractivity contribution in [1.29, 1.82) is 0 Å². The van der Waals surface area contributed by atoms with E-state index in [2.05, 4.69) is 20.9 Å². The molecule has 0 bridgehead atoms. The van der Waals surface area contributed by atoms with E-state index in [1.807, 2.05) is 0 Å². The lowest BCUT2D eigenvalue weighted by Crippen LogP contribution is -2.42. The van der Waals surface area contributed by atoms with Gasteiger partial charge < -0.3 is 10.6 Å². The number of nitrogens with one attached hydrogen (secondary N) is 3. The summed E-state index contributed by atoms with van der Waals surface area (Å²) >= 11 is 0. The number of rotatable bonds is 5. The second-order valence-electron chi connectivity index (χ2n) is 5.11. The van der Waals surface area contributed by atoms with Crippen LogP contribution in [0.1, 0.15) is 12.0 Å². The standard InChI is InChI=1S/C13H15F5N4O/c14-12(15)6-9(22-7-12)11(23)21-5-4-20-10-8(13(16,17)18)2-1-3-19-10/h1-3,9,22H,4-7H2,(H,19,20)(H,21,23). The smallest absolute Gasteiger partial charge is 0.368 e. The molecule has 1 amide bonds. The van der Waals surface area contributed by atoms with E-state index in [0.717, 1.165) is 6.07 Å². The summed E-state index contributed by atoms with van der Waals surface area (Å²) in [4.78, 5) is 15.2. The highest BCUT2D eigenvalue weighted by molar-refractivity contribution is 5.82. The van der Waals surface area contributed by atoms with Crippen molar-refractivity contribution in [2.24, 2.45) is 0 Å². The first-order valence-electron chi connectivity index (χ1n) is 6.84. The van der Waals surface area contributed by atoms with E-state index in [-0.39, 0.29) is 18.9 Å². The van der Waals surface area contributed by atoms with Crippen molar-refractivity contribution >= 4 is 11.7 Å². The van der Waals surface area contributed by atoms with Crippen molar-refractivity contribution < 1.29 is 26.7 Å². The molecule has 1 atom stereocenters. The normalized spacial score (nSPS) is 20.3. The highest BCUT2D eigenvalue weighted by Gasteiger charge is 2.42. The maximum Gasteiger partial charge on any atom is 0.419 e. The maximum absolute atomic E-state index is 13.0. The highest BCUT2D eigenvalue weighted by Crippen LogP contribution is 2.33. The molecule has 1 aromatic heterocycles. The first-order valence-corrected chi connectivity index (χ1v) is 6.84. The molecule has 1 fully saturated rings. The maximum atomic E-state index is 13.0. The number of hydrogen-bond donors (Lipinski definition) is 3. The van der Waals surface area contributed by atoms with Crippen LogP contribution in [0.2, 0.25) is 0 Å². The van der Waals surface area contributed by atoms with Gasteiger partial charge in [-0.1, -0.05) is 0 Å². The van der Waals surface area contributed by atoms with Gasteiger partial charge in [-0.05, 0) is 12.1 Å². The average molecular weight is 338 g/mol. The minimum atomic E-state index is -4.54. The van der Waals surface area contributed by atoms with E-state index >= 15 is 0 Å². The van der Waals surface area contributed by atoms with Gasteiger partial charge in [0.05, 0.1) is 18.2 Å². The van der Waals surface area contributed by atoms with Gasteiger partial charge in [0.15, 0.2) is 0 Å². The molecule has 2 heterocycles. The summed E-state index contributed by atoms with van der Waals surface area (Å²) in [5, 5.41) is 7.24. The molecule has 2 rings (SSSR count). The second-order valence-corrected chi connectivity index (χ2v) is 5.11. The molecular formula is C13H15F5N4O. The van der Waals surface area contributed by atoms with Crippen LogP contribution in [0, 0.1) is 0 Å². The predicted octanol–water partition coefficient (Wildman–Crippen LogP) is 1.63. The second kappa shape index (κ2) is 6.65. The number of hydrogen-bond acceptors (Lipinski definition) is 4. The van der Waals surface area contributed by atoms with Crippen LogP contribution in [0.15, 0.2) is 18.3 Å². The summed E-state index contributed by atoms with van der Waals surface area (Å²) < 4.78 is 64.1. The Bertz CT molecular complexity index is 564. The molecule has 1 aliphatic rings. The molecule has 10 heteroatoms. The number of aromatic nitrogens is 1. The Kier molecular flexibility index (Phi) is 5.03. The van der Waals surface area contributed by atoms with Crippen molar-refractivity contribution in [2.75, 3.05) is 25.0 Å². The number of alkyl halides is 5. The first-order chi connectivity index (χ1) is 10.7. The van der Waals surface area contributed by atoms with Crippen LogP contribution in [0.5, 0.6) is 0 Å². The largest absolute Gasteiger partial charge is 0.419 e. The fourth-order valence-electron chi connectivity index (χ4n) is 2.17. The van der Waals surface area contributed by atoms with E-state index < -0.39 is 42.6 Å². The molecule has 1 unspecified atom stereocenters. The molecular weight excluding hydrogens is 323 g/mol. The zero-order valence-corrected chi connectivity index (χ0v) is 11.9. The van der Waals surface area contributed by atoms with Gasteiger partial charge in [-0.15, -0.1) is 0 Å². The molecule has 1 aromatic rings. The summed E-state index contributed by atoms with van der Waals surface area (Å²) in [6.45, 7) is -0.600. The molecule has 23 heavy (non-hydrogen) atoms. The Morgan fingerprint density at radius 2 is 2.13 bits per heavy atom. The van der Waals surface area contributed by atoms with Crippen LogP contribution in [0.25, 0.3) is 0 Å². The quantitative estimate of drug-likeness (QED) is 0.564. The molecule has 0 aliphatic carbocycles. The van der Waals surface area contributed by atoms with Crippen LogP contribution in [0.4, 0.5) is 27.8 Å². The Balaban J connectivity index is 1.79. The van der Waals surface area contributed by atoms with Crippen molar-refractivity contribution in [1.82, 2.24) is 15.6 Å². The van der Waals surface area contributed by atoms with Gasteiger partial charge in [-0.25, -0.2) is 13.8 Å².